The Bertz CT molecular complexity index is 384. The lowest BCUT2D eigenvalue weighted by molar-refractivity contribution is 0.213. The SMILES string of the molecule is CCCCN(CC)CCOc1ccccc1C#N. The lowest BCUT2D eigenvalue weighted by Crippen LogP contribution is -2.29. The van der Waals surface area contributed by atoms with Crippen molar-refractivity contribution in [3.8, 4) is 11.8 Å². The summed E-state index contributed by atoms with van der Waals surface area (Å²) in [4.78, 5) is 2.37. The molecule has 1 aromatic carbocycles. The maximum Gasteiger partial charge on any atom is 0.137 e. The molecule has 3 heteroatoms. The number of benzene rings is 1. The molecule has 0 amide bonds. The van der Waals surface area contributed by atoms with Gasteiger partial charge in [-0.15, -0.1) is 0 Å². The van der Waals surface area contributed by atoms with Gasteiger partial charge in [0.15, 0.2) is 0 Å². The van der Waals surface area contributed by atoms with E-state index in [9.17, 15) is 0 Å². The summed E-state index contributed by atoms with van der Waals surface area (Å²) in [5.74, 6) is 0.687. The van der Waals surface area contributed by atoms with Gasteiger partial charge in [0.2, 0.25) is 0 Å². The molecule has 0 aliphatic rings. The van der Waals surface area contributed by atoms with Gasteiger partial charge in [0.1, 0.15) is 18.4 Å². The summed E-state index contributed by atoms with van der Waals surface area (Å²) in [5.41, 5.74) is 0.606. The highest BCUT2D eigenvalue weighted by atomic mass is 16.5. The molecule has 18 heavy (non-hydrogen) atoms. The third kappa shape index (κ3) is 4.77. The van der Waals surface area contributed by atoms with Crippen LogP contribution in [0.1, 0.15) is 32.3 Å². The fourth-order valence-electron chi connectivity index (χ4n) is 1.78. The fourth-order valence-corrected chi connectivity index (χ4v) is 1.78. The fraction of sp³-hybridized carbons (Fsp3) is 0.533. The number of nitriles is 1. The van der Waals surface area contributed by atoms with Gasteiger partial charge in [-0.1, -0.05) is 32.4 Å². The van der Waals surface area contributed by atoms with Gasteiger partial charge < -0.3 is 9.64 Å². The first-order chi connectivity index (χ1) is 8.81. The summed E-state index contributed by atoms with van der Waals surface area (Å²) in [6.45, 7) is 8.08. The Morgan fingerprint density at radius 1 is 1.22 bits per heavy atom. The van der Waals surface area contributed by atoms with Crippen molar-refractivity contribution in [3.63, 3.8) is 0 Å². The lowest BCUT2D eigenvalue weighted by Gasteiger charge is -2.20. The molecule has 0 fully saturated rings. The summed E-state index contributed by atoms with van der Waals surface area (Å²) in [6, 6.07) is 9.52. The number of likely N-dealkylation sites (N-methyl/N-ethyl adjacent to an activating group) is 1. The van der Waals surface area contributed by atoms with Crippen molar-refractivity contribution in [2.45, 2.75) is 26.7 Å². The third-order valence-corrected chi connectivity index (χ3v) is 2.95. The number of para-hydroxylation sites is 1. The van der Waals surface area contributed by atoms with Gasteiger partial charge in [-0.3, -0.25) is 0 Å². The average molecular weight is 246 g/mol. The molecule has 0 aromatic heterocycles. The number of hydrogen-bond donors (Lipinski definition) is 0. The molecule has 0 aliphatic carbocycles. The highest BCUT2D eigenvalue weighted by molar-refractivity contribution is 5.42. The van der Waals surface area contributed by atoms with Gasteiger partial charge in [-0.05, 0) is 31.6 Å². The minimum atomic E-state index is 0.606. The standard InChI is InChI=1S/C15H22N2O/c1-3-5-10-17(4-2)11-12-18-15-9-7-6-8-14(15)13-16/h6-9H,3-5,10-12H2,1-2H3. The Kier molecular flexibility index (Phi) is 6.90. The predicted octanol–water partition coefficient (Wildman–Crippen LogP) is 3.06. The van der Waals surface area contributed by atoms with Crippen molar-refractivity contribution in [3.05, 3.63) is 29.8 Å². The summed E-state index contributed by atoms with van der Waals surface area (Å²) >= 11 is 0. The first-order valence-corrected chi connectivity index (χ1v) is 6.66. The lowest BCUT2D eigenvalue weighted by atomic mass is 10.2. The molecule has 0 spiro atoms. The molecule has 98 valence electrons. The smallest absolute Gasteiger partial charge is 0.137 e. The van der Waals surface area contributed by atoms with Crippen LogP contribution in [0.2, 0.25) is 0 Å². The van der Waals surface area contributed by atoms with E-state index in [0.29, 0.717) is 17.9 Å². The highest BCUT2D eigenvalue weighted by Crippen LogP contribution is 2.16. The Labute approximate surface area is 110 Å². The van der Waals surface area contributed by atoms with Crippen LogP contribution < -0.4 is 4.74 Å². The van der Waals surface area contributed by atoms with Crippen LogP contribution in [0.4, 0.5) is 0 Å². The normalized spacial score (nSPS) is 10.3. The van der Waals surface area contributed by atoms with Crippen molar-refractivity contribution >= 4 is 0 Å². The van der Waals surface area contributed by atoms with Crippen LogP contribution in [0.3, 0.4) is 0 Å². The molecule has 1 rings (SSSR count). The van der Waals surface area contributed by atoms with Gasteiger partial charge in [0, 0.05) is 6.54 Å². The zero-order chi connectivity index (χ0) is 13.2. The second-order valence-corrected chi connectivity index (χ2v) is 4.24. The van der Waals surface area contributed by atoms with E-state index in [0.717, 1.165) is 19.6 Å². The molecule has 0 atom stereocenters. The number of nitrogens with zero attached hydrogens (tertiary/aromatic N) is 2. The molecular weight excluding hydrogens is 224 g/mol. The molecule has 0 heterocycles. The van der Waals surface area contributed by atoms with Crippen molar-refractivity contribution in [2.24, 2.45) is 0 Å². The van der Waals surface area contributed by atoms with Gasteiger partial charge >= 0.3 is 0 Å². The molecule has 0 saturated heterocycles. The van der Waals surface area contributed by atoms with Crippen LogP contribution in [0.5, 0.6) is 5.75 Å². The van der Waals surface area contributed by atoms with Crippen molar-refractivity contribution in [1.29, 1.82) is 5.26 Å². The summed E-state index contributed by atoms with van der Waals surface area (Å²) in [6.07, 6.45) is 2.44. The monoisotopic (exact) mass is 246 g/mol. The quantitative estimate of drug-likeness (QED) is 0.707. The van der Waals surface area contributed by atoms with Crippen molar-refractivity contribution in [2.75, 3.05) is 26.2 Å². The molecule has 0 bridgehead atoms. The highest BCUT2D eigenvalue weighted by Gasteiger charge is 2.04. The van der Waals surface area contributed by atoms with E-state index in [1.54, 1.807) is 6.07 Å². The summed E-state index contributed by atoms with van der Waals surface area (Å²) in [5, 5.41) is 8.95. The predicted molar refractivity (Wildman–Crippen MR) is 73.7 cm³/mol. The van der Waals surface area contributed by atoms with Crippen LogP contribution >= 0.6 is 0 Å². The maximum atomic E-state index is 8.95. The number of ether oxygens (including phenoxy) is 1. The van der Waals surface area contributed by atoms with Crippen LogP contribution in [0.25, 0.3) is 0 Å². The van der Waals surface area contributed by atoms with Gasteiger partial charge in [0.25, 0.3) is 0 Å². The van der Waals surface area contributed by atoms with Crippen LogP contribution in [-0.4, -0.2) is 31.1 Å². The van der Waals surface area contributed by atoms with Crippen molar-refractivity contribution < 1.29 is 4.74 Å². The number of rotatable bonds is 8. The number of hydrogen-bond acceptors (Lipinski definition) is 3. The third-order valence-electron chi connectivity index (χ3n) is 2.95. The topological polar surface area (TPSA) is 36.3 Å². The average Bonchev–Trinajstić information content (AvgIpc) is 2.43. The molecule has 3 nitrogen and oxygen atoms in total. The first-order valence-electron chi connectivity index (χ1n) is 6.66. The molecule has 0 aliphatic heterocycles. The largest absolute Gasteiger partial charge is 0.491 e. The molecule has 0 radical (unpaired) electrons. The Morgan fingerprint density at radius 2 is 2.00 bits per heavy atom. The van der Waals surface area contributed by atoms with Crippen LogP contribution in [0, 0.1) is 11.3 Å². The van der Waals surface area contributed by atoms with E-state index in [1.165, 1.54) is 12.8 Å². The van der Waals surface area contributed by atoms with E-state index in [4.69, 9.17) is 10.00 Å². The molecule has 0 unspecified atom stereocenters. The van der Waals surface area contributed by atoms with E-state index >= 15 is 0 Å². The van der Waals surface area contributed by atoms with E-state index in [-0.39, 0.29) is 0 Å². The number of unbranched alkanes of at least 4 members (excludes halogenated alkanes) is 1. The molecule has 1 aromatic rings. The van der Waals surface area contributed by atoms with Crippen molar-refractivity contribution in [1.82, 2.24) is 4.90 Å². The molecule has 0 N–H and O–H groups in total. The first kappa shape index (κ1) is 14.5. The summed E-state index contributed by atoms with van der Waals surface area (Å²) < 4.78 is 5.68. The van der Waals surface area contributed by atoms with Crippen LogP contribution in [-0.2, 0) is 0 Å². The Morgan fingerprint density at radius 3 is 2.67 bits per heavy atom. The van der Waals surface area contributed by atoms with Crippen LogP contribution in [0.15, 0.2) is 24.3 Å². The zero-order valence-corrected chi connectivity index (χ0v) is 11.4. The molecular formula is C15H22N2O. The maximum absolute atomic E-state index is 8.95. The molecule has 0 saturated carbocycles. The zero-order valence-electron chi connectivity index (χ0n) is 11.4. The second-order valence-electron chi connectivity index (χ2n) is 4.24. The minimum Gasteiger partial charge on any atom is -0.491 e. The minimum absolute atomic E-state index is 0.606. The van der Waals surface area contributed by atoms with Gasteiger partial charge in [-0.25, -0.2) is 0 Å². The van der Waals surface area contributed by atoms with E-state index in [2.05, 4.69) is 24.8 Å². The van der Waals surface area contributed by atoms with Gasteiger partial charge in [0.05, 0.1) is 5.56 Å². The van der Waals surface area contributed by atoms with Gasteiger partial charge in [-0.2, -0.15) is 5.26 Å². The summed E-state index contributed by atoms with van der Waals surface area (Å²) in [7, 11) is 0. The Balaban J connectivity index is 2.38. The van der Waals surface area contributed by atoms with E-state index in [1.807, 2.05) is 18.2 Å². The Hall–Kier alpha value is -1.53. The second kappa shape index (κ2) is 8.54. The van der Waals surface area contributed by atoms with E-state index < -0.39 is 0 Å².